The van der Waals surface area contributed by atoms with Gasteiger partial charge in [-0.2, -0.15) is 5.26 Å². The van der Waals surface area contributed by atoms with Crippen molar-refractivity contribution in [2.24, 2.45) is 0 Å². The number of nitrogens with zero attached hydrogens (tertiary/aromatic N) is 1. The third-order valence-electron chi connectivity index (χ3n) is 4.07. The van der Waals surface area contributed by atoms with Crippen LogP contribution in [-0.2, 0) is 11.4 Å². The third-order valence-corrected chi connectivity index (χ3v) is 5.83. The molecule has 0 saturated carbocycles. The van der Waals surface area contributed by atoms with E-state index in [0.717, 1.165) is 24.5 Å². The number of anilines is 1. The number of nitriles is 1. The SMILES string of the molecule is N#C/C(=C/c1ccc(OCc2ccc(Br)cc2Br)cc1)C(=O)Nc1ccc(Br)cc1. The Bertz CT molecular complexity index is 1120. The van der Waals surface area contributed by atoms with E-state index in [1.807, 2.05) is 36.4 Å². The summed E-state index contributed by atoms with van der Waals surface area (Å²) in [4.78, 5) is 12.4. The van der Waals surface area contributed by atoms with E-state index in [1.54, 1.807) is 42.5 Å². The highest BCUT2D eigenvalue weighted by Gasteiger charge is 2.10. The Morgan fingerprint density at radius 3 is 2.27 bits per heavy atom. The molecule has 0 unspecified atom stereocenters. The molecular weight excluding hydrogens is 576 g/mol. The first kappa shape index (κ1) is 22.3. The molecule has 0 radical (unpaired) electrons. The van der Waals surface area contributed by atoms with Crippen LogP contribution >= 0.6 is 47.8 Å². The van der Waals surface area contributed by atoms with Gasteiger partial charge in [0.05, 0.1) is 0 Å². The third kappa shape index (κ3) is 6.30. The zero-order chi connectivity index (χ0) is 21.5. The maximum absolute atomic E-state index is 12.4. The number of carbonyl (C=O) groups is 1. The van der Waals surface area contributed by atoms with Crippen LogP contribution in [0.4, 0.5) is 5.69 Å². The summed E-state index contributed by atoms with van der Waals surface area (Å²) in [6.07, 6.45) is 1.54. The maximum atomic E-state index is 12.4. The second-order valence-electron chi connectivity index (χ2n) is 6.22. The standard InChI is InChI=1S/C23H15Br3N2O2/c24-18-5-7-20(8-6-18)28-23(29)17(13-27)11-15-1-9-21(10-2-15)30-14-16-3-4-19(25)12-22(16)26/h1-12H,14H2,(H,28,29)/b17-11-. The van der Waals surface area contributed by atoms with Crippen molar-refractivity contribution in [3.8, 4) is 11.8 Å². The molecule has 3 rings (SSSR count). The van der Waals surface area contributed by atoms with Gasteiger partial charge in [0.2, 0.25) is 0 Å². The van der Waals surface area contributed by atoms with Gasteiger partial charge in [-0.3, -0.25) is 4.79 Å². The molecule has 0 bridgehead atoms. The highest BCUT2D eigenvalue weighted by molar-refractivity contribution is 9.11. The van der Waals surface area contributed by atoms with Crippen LogP contribution in [0.5, 0.6) is 5.75 Å². The van der Waals surface area contributed by atoms with Gasteiger partial charge in [0, 0.05) is 24.7 Å². The van der Waals surface area contributed by atoms with Crippen molar-refractivity contribution >= 4 is 65.5 Å². The summed E-state index contributed by atoms with van der Waals surface area (Å²) in [6.45, 7) is 0.419. The average molecular weight is 591 g/mol. The summed E-state index contributed by atoms with van der Waals surface area (Å²) >= 11 is 10.3. The molecule has 0 fully saturated rings. The first-order chi connectivity index (χ1) is 14.4. The lowest BCUT2D eigenvalue weighted by molar-refractivity contribution is -0.112. The second kappa shape index (κ2) is 10.6. The van der Waals surface area contributed by atoms with Crippen molar-refractivity contribution in [3.05, 3.63) is 96.8 Å². The molecule has 0 aliphatic heterocycles. The van der Waals surface area contributed by atoms with Crippen LogP contribution in [0.15, 0.2) is 85.7 Å². The zero-order valence-electron chi connectivity index (χ0n) is 15.5. The van der Waals surface area contributed by atoms with E-state index in [4.69, 9.17) is 4.74 Å². The van der Waals surface area contributed by atoms with Gasteiger partial charge in [-0.15, -0.1) is 0 Å². The summed E-state index contributed by atoms with van der Waals surface area (Å²) in [5.74, 6) is 0.236. The van der Waals surface area contributed by atoms with Crippen molar-refractivity contribution < 1.29 is 9.53 Å². The first-order valence-electron chi connectivity index (χ1n) is 8.80. The monoisotopic (exact) mass is 588 g/mol. The number of amides is 1. The molecule has 1 amide bonds. The van der Waals surface area contributed by atoms with E-state index in [-0.39, 0.29) is 5.57 Å². The van der Waals surface area contributed by atoms with Crippen molar-refractivity contribution in [2.45, 2.75) is 6.61 Å². The highest BCUT2D eigenvalue weighted by Crippen LogP contribution is 2.24. The fourth-order valence-corrected chi connectivity index (χ4v) is 3.93. The normalized spacial score (nSPS) is 10.9. The Labute approximate surface area is 200 Å². The van der Waals surface area contributed by atoms with Crippen LogP contribution < -0.4 is 10.1 Å². The van der Waals surface area contributed by atoms with Crippen molar-refractivity contribution in [3.63, 3.8) is 0 Å². The molecule has 3 aromatic carbocycles. The fourth-order valence-electron chi connectivity index (χ4n) is 2.51. The Kier molecular flexibility index (Phi) is 7.86. The number of halogens is 3. The molecule has 150 valence electrons. The van der Waals surface area contributed by atoms with Crippen LogP contribution in [0, 0.1) is 11.3 Å². The predicted octanol–water partition coefficient (Wildman–Crippen LogP) is 7.10. The van der Waals surface area contributed by atoms with E-state index in [1.165, 1.54) is 0 Å². The van der Waals surface area contributed by atoms with Gasteiger partial charge in [-0.05, 0) is 60.2 Å². The lowest BCUT2D eigenvalue weighted by Crippen LogP contribution is -2.13. The lowest BCUT2D eigenvalue weighted by Gasteiger charge is -2.09. The summed E-state index contributed by atoms with van der Waals surface area (Å²) in [5.41, 5.74) is 2.39. The van der Waals surface area contributed by atoms with Crippen LogP contribution in [0.3, 0.4) is 0 Å². The van der Waals surface area contributed by atoms with Gasteiger partial charge in [0.25, 0.3) is 5.91 Å². The molecule has 0 heterocycles. The smallest absolute Gasteiger partial charge is 0.266 e. The molecule has 0 spiro atoms. The number of benzene rings is 3. The van der Waals surface area contributed by atoms with Crippen molar-refractivity contribution in [2.75, 3.05) is 5.32 Å². The molecule has 0 aliphatic carbocycles. The lowest BCUT2D eigenvalue weighted by atomic mass is 10.1. The van der Waals surface area contributed by atoms with E-state index in [0.29, 0.717) is 18.0 Å². The zero-order valence-corrected chi connectivity index (χ0v) is 20.3. The molecule has 30 heavy (non-hydrogen) atoms. The van der Waals surface area contributed by atoms with Gasteiger partial charge in [-0.25, -0.2) is 0 Å². The van der Waals surface area contributed by atoms with Crippen LogP contribution in [-0.4, -0.2) is 5.91 Å². The van der Waals surface area contributed by atoms with Gasteiger partial charge in [0.15, 0.2) is 0 Å². The van der Waals surface area contributed by atoms with Crippen LogP contribution in [0.2, 0.25) is 0 Å². The predicted molar refractivity (Wildman–Crippen MR) is 129 cm³/mol. The second-order valence-corrected chi connectivity index (χ2v) is 8.91. The molecule has 1 N–H and O–H groups in total. The quantitative estimate of drug-likeness (QED) is 0.246. The molecule has 7 heteroatoms. The average Bonchev–Trinajstić information content (AvgIpc) is 2.74. The highest BCUT2D eigenvalue weighted by atomic mass is 79.9. The maximum Gasteiger partial charge on any atom is 0.266 e. The Morgan fingerprint density at radius 2 is 1.63 bits per heavy atom. The van der Waals surface area contributed by atoms with Crippen molar-refractivity contribution in [1.82, 2.24) is 0 Å². The molecule has 0 atom stereocenters. The minimum atomic E-state index is -0.458. The summed E-state index contributed by atoms with van der Waals surface area (Å²) in [7, 11) is 0. The summed E-state index contributed by atoms with van der Waals surface area (Å²) in [5, 5.41) is 12.1. The Morgan fingerprint density at radius 1 is 0.967 bits per heavy atom. The number of rotatable bonds is 6. The number of nitrogens with one attached hydrogen (secondary N) is 1. The topological polar surface area (TPSA) is 62.1 Å². The molecule has 3 aromatic rings. The van der Waals surface area contributed by atoms with E-state index in [9.17, 15) is 10.1 Å². The molecule has 0 aliphatic rings. The molecule has 0 saturated heterocycles. The largest absolute Gasteiger partial charge is 0.489 e. The van der Waals surface area contributed by atoms with E-state index in [2.05, 4.69) is 53.1 Å². The van der Waals surface area contributed by atoms with Gasteiger partial charge >= 0.3 is 0 Å². The number of hydrogen-bond donors (Lipinski definition) is 1. The number of ether oxygens (including phenoxy) is 1. The first-order valence-corrected chi connectivity index (χ1v) is 11.2. The number of carbonyl (C=O) groups excluding carboxylic acids is 1. The Hall–Kier alpha value is -2.40. The van der Waals surface area contributed by atoms with Crippen molar-refractivity contribution in [1.29, 1.82) is 5.26 Å². The number of hydrogen-bond acceptors (Lipinski definition) is 3. The van der Waals surface area contributed by atoms with Crippen LogP contribution in [0.1, 0.15) is 11.1 Å². The van der Waals surface area contributed by atoms with Gasteiger partial charge in [0.1, 0.15) is 24.0 Å². The van der Waals surface area contributed by atoms with E-state index >= 15 is 0 Å². The Balaban J connectivity index is 1.65. The molecule has 4 nitrogen and oxygen atoms in total. The summed E-state index contributed by atoms with van der Waals surface area (Å²) in [6, 6.07) is 22.2. The molecule has 0 aromatic heterocycles. The van der Waals surface area contributed by atoms with Crippen LogP contribution in [0.25, 0.3) is 6.08 Å². The summed E-state index contributed by atoms with van der Waals surface area (Å²) < 4.78 is 8.69. The van der Waals surface area contributed by atoms with Gasteiger partial charge < -0.3 is 10.1 Å². The van der Waals surface area contributed by atoms with E-state index < -0.39 is 5.91 Å². The van der Waals surface area contributed by atoms with Gasteiger partial charge in [-0.1, -0.05) is 66.0 Å². The minimum absolute atomic E-state index is 0.0189. The minimum Gasteiger partial charge on any atom is -0.489 e. The molecular formula is C23H15Br3N2O2. The fraction of sp³-hybridized carbons (Fsp3) is 0.0435.